The molecule has 2 aromatic rings. The molecule has 2 amide bonds. The van der Waals surface area contributed by atoms with Gasteiger partial charge in [-0.3, -0.25) is 14.4 Å². The minimum atomic E-state index is -3.36. The van der Waals surface area contributed by atoms with Crippen LogP contribution in [0.15, 0.2) is 41.8 Å². The van der Waals surface area contributed by atoms with Crippen LogP contribution in [-0.4, -0.2) is 45.9 Å². The van der Waals surface area contributed by atoms with E-state index in [-0.39, 0.29) is 12.5 Å². The first-order chi connectivity index (χ1) is 12.3. The summed E-state index contributed by atoms with van der Waals surface area (Å²) in [5.41, 5.74) is 0.754. The van der Waals surface area contributed by atoms with Gasteiger partial charge in [-0.05, 0) is 41.8 Å². The van der Waals surface area contributed by atoms with Gasteiger partial charge in [-0.15, -0.1) is 11.3 Å². The largest absolute Gasteiger partial charge is 0.442 e. The van der Waals surface area contributed by atoms with Crippen LogP contribution >= 0.6 is 11.3 Å². The number of carbonyl (C=O) groups is 2. The maximum absolute atomic E-state index is 12.2. The zero-order valence-electron chi connectivity index (χ0n) is 13.8. The quantitative estimate of drug-likeness (QED) is 0.777. The topological polar surface area (TPSA) is 105 Å². The third-order valence-corrected chi connectivity index (χ3v) is 5.08. The predicted molar refractivity (Wildman–Crippen MR) is 99.2 cm³/mol. The van der Waals surface area contributed by atoms with E-state index < -0.39 is 22.2 Å². The minimum absolute atomic E-state index is 0.190. The smallest absolute Gasteiger partial charge is 0.415 e. The lowest BCUT2D eigenvalue weighted by atomic mass is 10.2. The Labute approximate surface area is 154 Å². The molecule has 26 heavy (non-hydrogen) atoms. The molecule has 1 saturated heterocycles. The molecule has 1 aliphatic heterocycles. The molecule has 1 aromatic carbocycles. The summed E-state index contributed by atoms with van der Waals surface area (Å²) < 4.78 is 29.9. The lowest BCUT2D eigenvalue weighted by Crippen LogP contribution is -2.34. The molecule has 1 atom stereocenters. The maximum Gasteiger partial charge on any atom is 0.415 e. The number of ether oxygens (including phenoxy) is 1. The fourth-order valence-electron chi connectivity index (χ4n) is 2.44. The minimum Gasteiger partial charge on any atom is -0.442 e. The summed E-state index contributed by atoms with van der Waals surface area (Å²) in [7, 11) is -3.36. The second kappa shape index (κ2) is 7.34. The number of rotatable bonds is 6. The standard InChI is InChI=1S/C16H17N3O5S2/c1-26(22,23)18-12-6-4-11(5-7-12)15(20)17-9-13-10-19(16(21)24-13)14-3-2-8-25-14/h2-8,13,18H,9-10H2,1H3,(H,17,20). The van der Waals surface area contributed by atoms with E-state index in [1.807, 2.05) is 17.5 Å². The zero-order valence-corrected chi connectivity index (χ0v) is 15.5. The molecule has 2 N–H and O–H groups in total. The van der Waals surface area contributed by atoms with E-state index in [1.54, 1.807) is 0 Å². The summed E-state index contributed by atoms with van der Waals surface area (Å²) in [5.74, 6) is -0.332. The number of thiophene rings is 1. The van der Waals surface area contributed by atoms with Gasteiger partial charge in [0.25, 0.3) is 5.91 Å². The lowest BCUT2D eigenvalue weighted by molar-refractivity contribution is 0.0916. The van der Waals surface area contributed by atoms with Gasteiger partial charge in [-0.2, -0.15) is 0 Å². The first kappa shape index (κ1) is 18.2. The van der Waals surface area contributed by atoms with Crippen molar-refractivity contribution in [3.63, 3.8) is 0 Å². The van der Waals surface area contributed by atoms with Crippen LogP contribution in [0.2, 0.25) is 0 Å². The summed E-state index contributed by atoms with van der Waals surface area (Å²) in [6.45, 7) is 0.562. The molecule has 1 aliphatic rings. The van der Waals surface area contributed by atoms with Gasteiger partial charge in [-0.25, -0.2) is 13.2 Å². The number of carbonyl (C=O) groups excluding carboxylic acids is 2. The van der Waals surface area contributed by atoms with Crippen LogP contribution in [0.5, 0.6) is 0 Å². The number of cyclic esters (lactones) is 1. The van der Waals surface area contributed by atoms with Gasteiger partial charge < -0.3 is 10.1 Å². The molecule has 1 fully saturated rings. The highest BCUT2D eigenvalue weighted by molar-refractivity contribution is 7.92. The lowest BCUT2D eigenvalue weighted by Gasteiger charge is -2.11. The normalized spacial score (nSPS) is 17.0. The highest BCUT2D eigenvalue weighted by Gasteiger charge is 2.33. The molecule has 10 heteroatoms. The Morgan fingerprint density at radius 3 is 2.65 bits per heavy atom. The molecule has 0 saturated carbocycles. The summed E-state index contributed by atoms with van der Waals surface area (Å²) in [6.07, 6.45) is 0.193. The summed E-state index contributed by atoms with van der Waals surface area (Å²) in [6, 6.07) is 9.72. The van der Waals surface area contributed by atoms with Gasteiger partial charge in [0.2, 0.25) is 10.0 Å². The monoisotopic (exact) mass is 395 g/mol. The number of anilines is 2. The van der Waals surface area contributed by atoms with Crippen LogP contribution in [0.1, 0.15) is 10.4 Å². The Morgan fingerprint density at radius 2 is 2.04 bits per heavy atom. The molecule has 3 rings (SSSR count). The van der Waals surface area contributed by atoms with Crippen molar-refractivity contribution < 1.29 is 22.7 Å². The number of amides is 2. The Kier molecular flexibility index (Phi) is 5.14. The van der Waals surface area contributed by atoms with Crippen molar-refractivity contribution in [3.05, 3.63) is 47.3 Å². The van der Waals surface area contributed by atoms with Crippen LogP contribution in [0, 0.1) is 0 Å². The van der Waals surface area contributed by atoms with Crippen LogP contribution in [-0.2, 0) is 14.8 Å². The van der Waals surface area contributed by atoms with Gasteiger partial charge in [0, 0.05) is 11.3 Å². The summed E-state index contributed by atoms with van der Waals surface area (Å²) in [4.78, 5) is 25.6. The highest BCUT2D eigenvalue weighted by Crippen LogP contribution is 2.26. The number of hydrogen-bond donors (Lipinski definition) is 2. The summed E-state index contributed by atoms with van der Waals surface area (Å²) >= 11 is 1.44. The number of hydrogen-bond acceptors (Lipinski definition) is 6. The predicted octanol–water partition coefficient (Wildman–Crippen LogP) is 1.87. The highest BCUT2D eigenvalue weighted by atomic mass is 32.2. The third kappa shape index (κ3) is 4.52. The maximum atomic E-state index is 12.2. The second-order valence-electron chi connectivity index (χ2n) is 5.73. The van der Waals surface area contributed by atoms with Gasteiger partial charge >= 0.3 is 6.09 Å². The Bertz CT molecular complexity index is 894. The molecular weight excluding hydrogens is 378 g/mol. The molecule has 1 unspecified atom stereocenters. The van der Waals surface area contributed by atoms with E-state index in [2.05, 4.69) is 10.0 Å². The first-order valence-corrected chi connectivity index (χ1v) is 10.5. The number of nitrogens with one attached hydrogen (secondary N) is 2. The average molecular weight is 395 g/mol. The van der Waals surface area contributed by atoms with Crippen molar-refractivity contribution >= 4 is 44.0 Å². The van der Waals surface area contributed by atoms with Crippen LogP contribution in [0.4, 0.5) is 15.5 Å². The fourth-order valence-corrected chi connectivity index (χ4v) is 3.74. The Morgan fingerprint density at radius 1 is 1.31 bits per heavy atom. The van der Waals surface area contributed by atoms with Crippen molar-refractivity contribution in [2.75, 3.05) is 29.0 Å². The van der Waals surface area contributed by atoms with E-state index >= 15 is 0 Å². The third-order valence-electron chi connectivity index (χ3n) is 3.59. The Hall–Kier alpha value is -2.59. The van der Waals surface area contributed by atoms with Crippen molar-refractivity contribution in [2.45, 2.75) is 6.10 Å². The van der Waals surface area contributed by atoms with E-state index in [0.29, 0.717) is 17.8 Å². The van der Waals surface area contributed by atoms with Gasteiger partial charge in [0.1, 0.15) is 11.1 Å². The van der Waals surface area contributed by atoms with Crippen molar-refractivity contribution in [2.24, 2.45) is 0 Å². The fraction of sp³-hybridized carbons (Fsp3) is 0.250. The van der Waals surface area contributed by atoms with Crippen molar-refractivity contribution in [1.29, 1.82) is 0 Å². The van der Waals surface area contributed by atoms with Gasteiger partial charge in [0.05, 0.1) is 19.3 Å². The molecule has 0 bridgehead atoms. The molecule has 8 nitrogen and oxygen atoms in total. The van der Waals surface area contributed by atoms with Crippen LogP contribution in [0.25, 0.3) is 0 Å². The van der Waals surface area contributed by atoms with E-state index in [0.717, 1.165) is 11.3 Å². The molecule has 2 heterocycles. The van der Waals surface area contributed by atoms with E-state index in [1.165, 1.54) is 40.5 Å². The first-order valence-electron chi connectivity index (χ1n) is 7.69. The molecule has 138 valence electrons. The van der Waals surface area contributed by atoms with Gasteiger partial charge in [-0.1, -0.05) is 0 Å². The van der Waals surface area contributed by atoms with Crippen LogP contribution < -0.4 is 14.9 Å². The molecule has 0 spiro atoms. The van der Waals surface area contributed by atoms with E-state index in [4.69, 9.17) is 4.74 Å². The Balaban J connectivity index is 1.53. The van der Waals surface area contributed by atoms with Crippen molar-refractivity contribution in [3.8, 4) is 0 Å². The zero-order chi connectivity index (χ0) is 18.7. The number of benzene rings is 1. The molecular formula is C16H17N3O5S2. The SMILES string of the molecule is CS(=O)(=O)Nc1ccc(C(=O)NCC2CN(c3cccs3)C(=O)O2)cc1. The molecule has 1 aromatic heterocycles. The molecule has 0 aliphatic carbocycles. The number of sulfonamides is 1. The van der Waals surface area contributed by atoms with E-state index in [9.17, 15) is 18.0 Å². The van der Waals surface area contributed by atoms with Crippen molar-refractivity contribution in [1.82, 2.24) is 5.32 Å². The molecule has 0 radical (unpaired) electrons. The average Bonchev–Trinajstić information content (AvgIpc) is 3.21. The number of nitrogens with zero attached hydrogens (tertiary/aromatic N) is 1. The summed E-state index contributed by atoms with van der Waals surface area (Å²) in [5, 5.41) is 5.40. The van der Waals surface area contributed by atoms with Crippen LogP contribution in [0.3, 0.4) is 0 Å². The van der Waals surface area contributed by atoms with Gasteiger partial charge in [0.15, 0.2) is 0 Å². The second-order valence-corrected chi connectivity index (χ2v) is 8.40.